The van der Waals surface area contributed by atoms with Crippen LogP contribution in [0.1, 0.15) is 31.8 Å². The van der Waals surface area contributed by atoms with Gasteiger partial charge < -0.3 is 15.2 Å². The second kappa shape index (κ2) is 6.87. The number of imidazole rings is 1. The lowest BCUT2D eigenvalue weighted by Gasteiger charge is -2.09. The first-order chi connectivity index (χ1) is 14.2. The second-order valence-electron chi connectivity index (χ2n) is 6.89. The van der Waals surface area contributed by atoms with Crippen molar-refractivity contribution in [3.63, 3.8) is 0 Å². The molecule has 7 nitrogen and oxygen atoms in total. The van der Waals surface area contributed by atoms with Crippen LogP contribution in [0.2, 0.25) is 0 Å². The number of nitrogens with zero attached hydrogens (tertiary/aromatic N) is 3. The fraction of sp³-hybridized carbons (Fsp3) is 0.0909. The molecule has 0 radical (unpaired) electrons. The summed E-state index contributed by atoms with van der Waals surface area (Å²) < 4.78 is 1.95. The lowest BCUT2D eigenvalue weighted by atomic mass is 10.1. The number of carbonyl (C=O) groups is 2. The van der Waals surface area contributed by atoms with Crippen molar-refractivity contribution in [2.75, 3.05) is 5.32 Å². The molecule has 1 aliphatic rings. The van der Waals surface area contributed by atoms with Gasteiger partial charge in [-0.2, -0.15) is 0 Å². The lowest BCUT2D eigenvalue weighted by Crippen LogP contribution is -2.14. The SMILES string of the molecule is O=C(Nc1cccc2c1CNC2=O)c1cnc2c(c1)ncn2Cc1ccccc1. The molecule has 0 aliphatic carbocycles. The normalized spacial score (nSPS) is 12.6. The van der Waals surface area contributed by atoms with Crippen molar-refractivity contribution in [1.29, 1.82) is 0 Å². The van der Waals surface area contributed by atoms with E-state index in [0.717, 1.165) is 16.8 Å². The van der Waals surface area contributed by atoms with E-state index >= 15 is 0 Å². The van der Waals surface area contributed by atoms with Gasteiger partial charge in [0.25, 0.3) is 11.8 Å². The van der Waals surface area contributed by atoms with Gasteiger partial charge in [-0.15, -0.1) is 0 Å². The third kappa shape index (κ3) is 3.12. The van der Waals surface area contributed by atoms with E-state index in [9.17, 15) is 9.59 Å². The number of fused-ring (bicyclic) bond motifs is 2. The van der Waals surface area contributed by atoms with Gasteiger partial charge in [-0.05, 0) is 23.8 Å². The van der Waals surface area contributed by atoms with Crippen molar-refractivity contribution in [1.82, 2.24) is 19.9 Å². The number of nitrogens with one attached hydrogen (secondary N) is 2. The monoisotopic (exact) mass is 383 g/mol. The number of aromatic nitrogens is 3. The van der Waals surface area contributed by atoms with Gasteiger partial charge in [0.2, 0.25) is 0 Å². The molecule has 2 aromatic carbocycles. The van der Waals surface area contributed by atoms with Crippen LogP contribution < -0.4 is 10.6 Å². The third-order valence-corrected chi connectivity index (χ3v) is 5.01. The minimum atomic E-state index is -0.287. The summed E-state index contributed by atoms with van der Waals surface area (Å²) in [6, 6.07) is 17.1. The molecule has 3 heterocycles. The molecule has 0 fully saturated rings. The molecular weight excluding hydrogens is 366 g/mol. The van der Waals surface area contributed by atoms with Crippen LogP contribution in [-0.4, -0.2) is 26.3 Å². The van der Waals surface area contributed by atoms with Crippen molar-refractivity contribution in [2.45, 2.75) is 13.1 Å². The minimum Gasteiger partial charge on any atom is -0.348 e. The van der Waals surface area contributed by atoms with Crippen LogP contribution in [0.5, 0.6) is 0 Å². The number of anilines is 1. The van der Waals surface area contributed by atoms with Gasteiger partial charge in [-0.3, -0.25) is 9.59 Å². The van der Waals surface area contributed by atoms with E-state index in [2.05, 4.69) is 20.6 Å². The van der Waals surface area contributed by atoms with Crippen LogP contribution in [0.15, 0.2) is 67.1 Å². The average Bonchev–Trinajstić information content (AvgIpc) is 3.33. The Balaban J connectivity index is 1.40. The fourth-order valence-corrected chi connectivity index (χ4v) is 3.53. The van der Waals surface area contributed by atoms with E-state index in [1.54, 1.807) is 36.8 Å². The zero-order chi connectivity index (χ0) is 19.8. The van der Waals surface area contributed by atoms with Crippen LogP contribution in [-0.2, 0) is 13.1 Å². The molecule has 2 N–H and O–H groups in total. The molecule has 29 heavy (non-hydrogen) atoms. The average molecular weight is 383 g/mol. The molecule has 142 valence electrons. The molecule has 2 aromatic heterocycles. The van der Waals surface area contributed by atoms with Crippen LogP contribution in [0, 0.1) is 0 Å². The first-order valence-corrected chi connectivity index (χ1v) is 9.25. The summed E-state index contributed by atoms with van der Waals surface area (Å²) in [7, 11) is 0. The van der Waals surface area contributed by atoms with Crippen LogP contribution in [0.25, 0.3) is 11.2 Å². The molecule has 4 aromatic rings. The van der Waals surface area contributed by atoms with Gasteiger partial charge in [0.15, 0.2) is 5.65 Å². The zero-order valence-corrected chi connectivity index (χ0v) is 15.4. The number of rotatable bonds is 4. The summed E-state index contributed by atoms with van der Waals surface area (Å²) in [4.78, 5) is 33.4. The smallest absolute Gasteiger partial charge is 0.257 e. The topological polar surface area (TPSA) is 88.9 Å². The molecule has 0 atom stereocenters. The summed E-state index contributed by atoms with van der Waals surface area (Å²) in [6.45, 7) is 1.07. The largest absolute Gasteiger partial charge is 0.348 e. The molecule has 0 bridgehead atoms. The predicted octanol–water partition coefficient (Wildman–Crippen LogP) is 2.98. The molecule has 0 saturated heterocycles. The Labute approximate surface area is 166 Å². The third-order valence-electron chi connectivity index (χ3n) is 5.01. The molecular formula is C22H17N5O2. The second-order valence-corrected chi connectivity index (χ2v) is 6.89. The maximum atomic E-state index is 12.7. The van der Waals surface area contributed by atoms with Gasteiger partial charge in [-0.1, -0.05) is 36.4 Å². The van der Waals surface area contributed by atoms with Crippen molar-refractivity contribution in [3.8, 4) is 0 Å². The number of hydrogen-bond acceptors (Lipinski definition) is 4. The van der Waals surface area contributed by atoms with Crippen molar-refractivity contribution < 1.29 is 9.59 Å². The van der Waals surface area contributed by atoms with Gasteiger partial charge in [0.05, 0.1) is 18.4 Å². The van der Waals surface area contributed by atoms with Crippen molar-refractivity contribution >= 4 is 28.7 Å². The number of carbonyl (C=O) groups excluding carboxylic acids is 2. The highest BCUT2D eigenvalue weighted by molar-refractivity contribution is 6.07. The predicted molar refractivity (Wildman–Crippen MR) is 109 cm³/mol. The highest BCUT2D eigenvalue weighted by Gasteiger charge is 2.22. The summed E-state index contributed by atoms with van der Waals surface area (Å²) >= 11 is 0. The van der Waals surface area contributed by atoms with Crippen LogP contribution in [0.4, 0.5) is 5.69 Å². The van der Waals surface area contributed by atoms with E-state index in [4.69, 9.17) is 0 Å². The van der Waals surface area contributed by atoms with Gasteiger partial charge in [0.1, 0.15) is 5.52 Å². The van der Waals surface area contributed by atoms with Gasteiger partial charge >= 0.3 is 0 Å². The van der Waals surface area contributed by atoms with Gasteiger partial charge in [0, 0.05) is 29.6 Å². The molecule has 2 amide bonds. The van der Waals surface area contributed by atoms with E-state index in [1.807, 2.05) is 34.9 Å². The number of hydrogen-bond donors (Lipinski definition) is 2. The summed E-state index contributed by atoms with van der Waals surface area (Å²) in [5.41, 5.74) is 4.96. The maximum Gasteiger partial charge on any atom is 0.257 e. The summed E-state index contributed by atoms with van der Waals surface area (Å²) in [5, 5.41) is 5.65. The van der Waals surface area contributed by atoms with E-state index < -0.39 is 0 Å². The molecule has 7 heteroatoms. The van der Waals surface area contributed by atoms with E-state index in [-0.39, 0.29) is 11.8 Å². The Hall–Kier alpha value is -4.00. The Morgan fingerprint density at radius 2 is 1.97 bits per heavy atom. The molecule has 1 aliphatic heterocycles. The number of benzene rings is 2. The Morgan fingerprint density at radius 3 is 2.83 bits per heavy atom. The number of amides is 2. The Morgan fingerprint density at radius 1 is 1.10 bits per heavy atom. The summed E-state index contributed by atoms with van der Waals surface area (Å²) in [5.74, 6) is -0.409. The Kier molecular flexibility index (Phi) is 4.05. The standard InChI is InChI=1S/C22H17N5O2/c28-21(26-18-8-4-7-16-17(18)11-24-22(16)29)15-9-19-20(23-10-15)27(13-25-19)12-14-5-2-1-3-6-14/h1-10,13H,11-12H2,(H,24,29)(H,26,28). The first kappa shape index (κ1) is 17.1. The first-order valence-electron chi connectivity index (χ1n) is 9.25. The minimum absolute atomic E-state index is 0.122. The van der Waals surface area contributed by atoms with Crippen LogP contribution in [0.3, 0.4) is 0 Å². The highest BCUT2D eigenvalue weighted by Crippen LogP contribution is 2.25. The number of pyridine rings is 1. The maximum absolute atomic E-state index is 12.7. The quantitative estimate of drug-likeness (QED) is 0.567. The van der Waals surface area contributed by atoms with E-state index in [0.29, 0.717) is 35.4 Å². The lowest BCUT2D eigenvalue weighted by molar-refractivity contribution is 0.0964. The molecule has 0 spiro atoms. The zero-order valence-electron chi connectivity index (χ0n) is 15.4. The summed E-state index contributed by atoms with van der Waals surface area (Å²) in [6.07, 6.45) is 3.28. The van der Waals surface area contributed by atoms with Crippen LogP contribution >= 0.6 is 0 Å². The molecule has 0 unspecified atom stereocenters. The van der Waals surface area contributed by atoms with Crippen molar-refractivity contribution in [3.05, 3.63) is 89.4 Å². The van der Waals surface area contributed by atoms with E-state index in [1.165, 1.54) is 0 Å². The molecule has 0 saturated carbocycles. The van der Waals surface area contributed by atoms with Crippen molar-refractivity contribution in [2.24, 2.45) is 0 Å². The molecule has 5 rings (SSSR count). The highest BCUT2D eigenvalue weighted by atomic mass is 16.2. The Bertz CT molecular complexity index is 1250. The fourth-order valence-electron chi connectivity index (χ4n) is 3.53. The van der Waals surface area contributed by atoms with Gasteiger partial charge in [-0.25, -0.2) is 9.97 Å².